The van der Waals surface area contributed by atoms with E-state index < -0.39 is 15.9 Å². The Morgan fingerprint density at radius 1 is 1.13 bits per heavy atom. The zero-order valence-electron chi connectivity index (χ0n) is 12.0. The highest BCUT2D eigenvalue weighted by Crippen LogP contribution is 2.31. The Kier molecular flexibility index (Phi) is 3.95. The average molecular weight is 394 g/mol. The largest absolute Gasteiger partial charge is 0.319 e. The number of amides is 1. The summed E-state index contributed by atoms with van der Waals surface area (Å²) in [5.41, 5.74) is 2.09. The van der Waals surface area contributed by atoms with Crippen LogP contribution >= 0.6 is 15.9 Å². The minimum Gasteiger partial charge on any atom is -0.319 e. The first-order chi connectivity index (χ1) is 10.9. The molecule has 0 radical (unpaired) electrons. The van der Waals surface area contributed by atoms with Gasteiger partial charge in [0.1, 0.15) is 0 Å². The zero-order valence-corrected chi connectivity index (χ0v) is 14.4. The van der Waals surface area contributed by atoms with Crippen molar-refractivity contribution in [2.24, 2.45) is 5.10 Å². The normalized spacial score (nSPS) is 15.4. The number of para-hydroxylation sites is 1. The topological polar surface area (TPSA) is 87.6 Å². The fourth-order valence-electron chi connectivity index (χ4n) is 2.13. The number of hydrogen-bond acceptors (Lipinski definition) is 4. The summed E-state index contributed by atoms with van der Waals surface area (Å²) >= 11 is 3.33. The van der Waals surface area contributed by atoms with Crippen molar-refractivity contribution in [1.82, 2.24) is 4.83 Å². The van der Waals surface area contributed by atoms with Gasteiger partial charge in [-0.2, -0.15) is 18.4 Å². The van der Waals surface area contributed by atoms with Crippen LogP contribution in [0.15, 0.2) is 56.9 Å². The highest BCUT2D eigenvalue weighted by Gasteiger charge is 2.28. The van der Waals surface area contributed by atoms with Gasteiger partial charge >= 0.3 is 0 Å². The maximum Gasteiger partial charge on any atom is 0.276 e. The Morgan fingerprint density at radius 3 is 2.52 bits per heavy atom. The van der Waals surface area contributed by atoms with E-state index in [1.165, 1.54) is 12.1 Å². The molecule has 0 aromatic heterocycles. The third-order valence-electron chi connectivity index (χ3n) is 3.33. The molecule has 118 valence electrons. The van der Waals surface area contributed by atoms with E-state index in [0.29, 0.717) is 15.7 Å². The fraction of sp³-hybridized carbons (Fsp3) is 0.0667. The van der Waals surface area contributed by atoms with Crippen molar-refractivity contribution in [3.05, 3.63) is 58.1 Å². The summed E-state index contributed by atoms with van der Waals surface area (Å²) in [5, 5.41) is 6.45. The van der Waals surface area contributed by atoms with Crippen LogP contribution in [0.4, 0.5) is 5.69 Å². The Labute approximate surface area is 141 Å². The molecule has 0 bridgehead atoms. The van der Waals surface area contributed by atoms with E-state index in [1.54, 1.807) is 30.3 Å². The molecule has 8 heteroatoms. The highest BCUT2D eigenvalue weighted by molar-refractivity contribution is 9.10. The summed E-state index contributed by atoms with van der Waals surface area (Å²) in [5.74, 6) is -0.460. The number of benzene rings is 2. The lowest BCUT2D eigenvalue weighted by Gasteiger charge is -2.04. The molecule has 0 atom stereocenters. The summed E-state index contributed by atoms with van der Waals surface area (Å²) in [7, 11) is -3.83. The van der Waals surface area contributed by atoms with Gasteiger partial charge in [0.05, 0.1) is 10.6 Å². The summed E-state index contributed by atoms with van der Waals surface area (Å²) in [6, 6.07) is 11.6. The van der Waals surface area contributed by atoms with Gasteiger partial charge in [0.15, 0.2) is 5.71 Å². The fourth-order valence-corrected chi connectivity index (χ4v) is 3.41. The lowest BCUT2D eigenvalue weighted by Crippen LogP contribution is -2.23. The van der Waals surface area contributed by atoms with E-state index in [-0.39, 0.29) is 10.6 Å². The molecule has 0 saturated carbocycles. The number of sulfonamides is 1. The molecule has 6 nitrogen and oxygen atoms in total. The second-order valence-corrected chi connectivity index (χ2v) is 7.50. The molecule has 2 N–H and O–H groups in total. The van der Waals surface area contributed by atoms with Gasteiger partial charge in [0, 0.05) is 10.0 Å². The third kappa shape index (κ3) is 2.99. The molecule has 1 aliphatic heterocycles. The first-order valence-corrected chi connectivity index (χ1v) is 8.92. The van der Waals surface area contributed by atoms with Gasteiger partial charge in [-0.05, 0) is 41.1 Å². The summed E-state index contributed by atoms with van der Waals surface area (Å²) < 4.78 is 25.2. The first-order valence-electron chi connectivity index (χ1n) is 6.65. The van der Waals surface area contributed by atoms with E-state index in [1.807, 2.05) is 6.92 Å². The van der Waals surface area contributed by atoms with E-state index in [4.69, 9.17) is 0 Å². The van der Waals surface area contributed by atoms with Crippen molar-refractivity contribution in [3.63, 3.8) is 0 Å². The summed E-state index contributed by atoms with van der Waals surface area (Å²) in [4.78, 5) is 14.2. The molecule has 2 aromatic carbocycles. The number of nitrogens with one attached hydrogen (secondary N) is 2. The average Bonchev–Trinajstić information content (AvgIpc) is 2.83. The van der Waals surface area contributed by atoms with Crippen molar-refractivity contribution >= 4 is 43.3 Å². The summed E-state index contributed by atoms with van der Waals surface area (Å²) in [6.45, 7) is 1.86. The number of hydrogen-bond donors (Lipinski definition) is 2. The van der Waals surface area contributed by atoms with Crippen LogP contribution < -0.4 is 10.1 Å². The number of hydrazone groups is 1. The maximum absolute atomic E-state index is 12.2. The molecule has 0 unspecified atom stereocenters. The van der Waals surface area contributed by atoms with Gasteiger partial charge in [0.2, 0.25) is 0 Å². The first kappa shape index (κ1) is 15.7. The molecule has 0 spiro atoms. The predicted octanol–water partition coefficient (Wildman–Crippen LogP) is 2.39. The molecule has 1 aliphatic rings. The molecule has 0 saturated heterocycles. The second-order valence-electron chi connectivity index (χ2n) is 4.98. The number of halogens is 1. The molecule has 2 aromatic rings. The standard InChI is InChI=1S/C15H12BrN3O3S/c1-9-5-7-10(8-6-9)23(21,22)19-18-14-11-3-2-4-12(16)13(11)17-15(14)20/h2-8,19H,1H3,(H,17,18,20). The smallest absolute Gasteiger partial charge is 0.276 e. The zero-order chi connectivity index (χ0) is 16.6. The van der Waals surface area contributed by atoms with Crippen LogP contribution in [-0.4, -0.2) is 20.0 Å². The number of aryl methyl sites for hydroxylation is 1. The highest BCUT2D eigenvalue weighted by atomic mass is 79.9. The quantitative estimate of drug-likeness (QED) is 0.784. The molecular formula is C15H12BrN3O3S. The number of carbonyl (C=O) groups excluding carboxylic acids is 1. The minimum absolute atomic E-state index is 0.0250. The van der Waals surface area contributed by atoms with Crippen LogP contribution in [0.2, 0.25) is 0 Å². The Morgan fingerprint density at radius 2 is 1.83 bits per heavy atom. The van der Waals surface area contributed by atoms with E-state index in [0.717, 1.165) is 5.56 Å². The van der Waals surface area contributed by atoms with Gasteiger partial charge in [-0.25, -0.2) is 0 Å². The molecule has 3 rings (SSSR count). The van der Waals surface area contributed by atoms with Gasteiger partial charge < -0.3 is 5.32 Å². The SMILES string of the molecule is Cc1ccc(S(=O)(=O)N/N=C2/C(=O)Nc3c(Br)cccc32)cc1. The molecule has 1 heterocycles. The number of anilines is 1. The van der Waals surface area contributed by atoms with Crippen LogP contribution in [0.5, 0.6) is 0 Å². The van der Waals surface area contributed by atoms with Gasteiger partial charge in [-0.1, -0.05) is 29.8 Å². The lowest BCUT2D eigenvalue weighted by atomic mass is 10.1. The maximum atomic E-state index is 12.2. The molecular weight excluding hydrogens is 382 g/mol. The van der Waals surface area contributed by atoms with Crippen LogP contribution in [0, 0.1) is 6.92 Å². The van der Waals surface area contributed by atoms with Crippen molar-refractivity contribution in [2.75, 3.05) is 5.32 Å². The lowest BCUT2D eigenvalue weighted by molar-refractivity contribution is -0.110. The van der Waals surface area contributed by atoms with Crippen LogP contribution in [0.3, 0.4) is 0 Å². The molecule has 1 amide bonds. The Balaban J connectivity index is 1.93. The van der Waals surface area contributed by atoms with E-state index in [9.17, 15) is 13.2 Å². The minimum atomic E-state index is -3.83. The second kappa shape index (κ2) is 5.78. The van der Waals surface area contributed by atoms with Gasteiger partial charge in [-0.15, -0.1) is 0 Å². The van der Waals surface area contributed by atoms with Crippen molar-refractivity contribution in [2.45, 2.75) is 11.8 Å². The Hall–Kier alpha value is -2.19. The van der Waals surface area contributed by atoms with E-state index in [2.05, 4.69) is 31.2 Å². The number of carbonyl (C=O) groups is 1. The van der Waals surface area contributed by atoms with Crippen molar-refractivity contribution in [1.29, 1.82) is 0 Å². The third-order valence-corrected chi connectivity index (χ3v) is 5.22. The summed E-state index contributed by atoms with van der Waals surface area (Å²) in [6.07, 6.45) is 0. The van der Waals surface area contributed by atoms with Crippen LogP contribution in [-0.2, 0) is 14.8 Å². The monoisotopic (exact) mass is 393 g/mol. The van der Waals surface area contributed by atoms with E-state index >= 15 is 0 Å². The van der Waals surface area contributed by atoms with Gasteiger partial charge in [-0.3, -0.25) is 4.79 Å². The number of fused-ring (bicyclic) bond motifs is 1. The Bertz CT molecular complexity index is 921. The van der Waals surface area contributed by atoms with Crippen LogP contribution in [0.1, 0.15) is 11.1 Å². The number of rotatable bonds is 3. The molecule has 0 aliphatic carbocycles. The van der Waals surface area contributed by atoms with Crippen molar-refractivity contribution in [3.8, 4) is 0 Å². The van der Waals surface area contributed by atoms with Gasteiger partial charge in [0.25, 0.3) is 15.9 Å². The molecule has 23 heavy (non-hydrogen) atoms. The van der Waals surface area contributed by atoms with Crippen LogP contribution in [0.25, 0.3) is 0 Å². The number of nitrogens with zero attached hydrogens (tertiary/aromatic N) is 1. The predicted molar refractivity (Wildman–Crippen MR) is 90.8 cm³/mol. The molecule has 0 fully saturated rings. The van der Waals surface area contributed by atoms with Crippen molar-refractivity contribution < 1.29 is 13.2 Å².